The average molecular weight is 329 g/mol. The van der Waals surface area contributed by atoms with Crippen molar-refractivity contribution in [2.75, 3.05) is 5.32 Å². The highest BCUT2D eigenvalue weighted by Gasteiger charge is 2.14. The third-order valence-corrected chi connectivity index (χ3v) is 4.20. The molecule has 5 heteroatoms. The molecule has 3 heterocycles. The summed E-state index contributed by atoms with van der Waals surface area (Å²) in [4.78, 5) is 13.0. The lowest BCUT2D eigenvalue weighted by molar-refractivity contribution is 0.867. The molecule has 0 aliphatic heterocycles. The largest absolute Gasteiger partial charge is 0.339 e. The highest BCUT2D eigenvalue weighted by molar-refractivity contribution is 5.79. The van der Waals surface area contributed by atoms with Crippen molar-refractivity contribution in [1.29, 1.82) is 0 Å². The van der Waals surface area contributed by atoms with Crippen LogP contribution in [-0.2, 0) is 0 Å². The lowest BCUT2D eigenvalue weighted by atomic mass is 10.0. The van der Waals surface area contributed by atoms with E-state index in [0.29, 0.717) is 5.92 Å². The molecule has 1 aromatic carbocycles. The molecule has 0 bridgehead atoms. The van der Waals surface area contributed by atoms with E-state index in [1.807, 2.05) is 22.7 Å². The Morgan fingerprint density at radius 2 is 1.84 bits per heavy atom. The molecule has 0 saturated carbocycles. The fourth-order valence-corrected chi connectivity index (χ4v) is 2.85. The first-order chi connectivity index (χ1) is 12.2. The Balaban J connectivity index is 1.84. The molecule has 4 rings (SSSR count). The van der Waals surface area contributed by atoms with Crippen molar-refractivity contribution in [2.45, 2.75) is 19.8 Å². The summed E-state index contributed by atoms with van der Waals surface area (Å²) in [6.45, 7) is 4.39. The second-order valence-corrected chi connectivity index (χ2v) is 6.25. The molecule has 0 saturated heterocycles. The highest BCUT2D eigenvalue weighted by atomic mass is 15.1. The van der Waals surface area contributed by atoms with Crippen LogP contribution in [0, 0.1) is 0 Å². The number of benzene rings is 1. The lowest BCUT2D eigenvalue weighted by Gasteiger charge is -2.11. The number of rotatable bonds is 4. The molecule has 124 valence electrons. The van der Waals surface area contributed by atoms with Crippen LogP contribution < -0.4 is 5.32 Å². The zero-order valence-electron chi connectivity index (χ0n) is 14.2. The smallest absolute Gasteiger partial charge is 0.157 e. The van der Waals surface area contributed by atoms with E-state index in [1.165, 1.54) is 5.56 Å². The first-order valence-corrected chi connectivity index (χ1v) is 8.32. The molecule has 3 aromatic heterocycles. The summed E-state index contributed by atoms with van der Waals surface area (Å²) in [5, 5.41) is 3.54. The summed E-state index contributed by atoms with van der Waals surface area (Å²) >= 11 is 0. The molecule has 0 aliphatic carbocycles. The van der Waals surface area contributed by atoms with Crippen molar-refractivity contribution in [3.8, 4) is 11.3 Å². The second-order valence-electron chi connectivity index (χ2n) is 6.25. The second kappa shape index (κ2) is 6.36. The molecule has 5 nitrogen and oxygen atoms in total. The first-order valence-electron chi connectivity index (χ1n) is 8.32. The first kappa shape index (κ1) is 15.3. The third kappa shape index (κ3) is 2.96. The number of hydrogen-bond acceptors (Lipinski definition) is 4. The van der Waals surface area contributed by atoms with Gasteiger partial charge >= 0.3 is 0 Å². The summed E-state index contributed by atoms with van der Waals surface area (Å²) in [6.07, 6.45) is 9.00. The van der Waals surface area contributed by atoms with E-state index in [0.717, 1.165) is 28.4 Å². The zero-order chi connectivity index (χ0) is 17.2. The number of anilines is 2. The molecule has 0 atom stereocenters. The zero-order valence-corrected chi connectivity index (χ0v) is 14.2. The maximum absolute atomic E-state index is 4.75. The summed E-state index contributed by atoms with van der Waals surface area (Å²) < 4.78 is 2.02. The molecular weight excluding hydrogens is 310 g/mol. The van der Waals surface area contributed by atoms with Crippen molar-refractivity contribution >= 4 is 17.2 Å². The van der Waals surface area contributed by atoms with Crippen molar-refractivity contribution < 1.29 is 0 Å². The Hall–Kier alpha value is -3.21. The number of pyridine rings is 1. The van der Waals surface area contributed by atoms with E-state index in [9.17, 15) is 0 Å². The van der Waals surface area contributed by atoms with Gasteiger partial charge in [0, 0.05) is 36.0 Å². The lowest BCUT2D eigenvalue weighted by Crippen LogP contribution is -1.98. The van der Waals surface area contributed by atoms with Gasteiger partial charge in [-0.25, -0.2) is 4.98 Å². The van der Waals surface area contributed by atoms with Crippen LogP contribution in [0.4, 0.5) is 11.5 Å². The quantitative estimate of drug-likeness (QED) is 0.592. The van der Waals surface area contributed by atoms with E-state index in [2.05, 4.69) is 53.4 Å². The molecule has 0 aliphatic rings. The van der Waals surface area contributed by atoms with Gasteiger partial charge < -0.3 is 5.32 Å². The number of imidazole rings is 1. The molecule has 0 radical (unpaired) electrons. The van der Waals surface area contributed by atoms with Crippen LogP contribution >= 0.6 is 0 Å². The predicted molar refractivity (Wildman–Crippen MR) is 100 cm³/mol. The van der Waals surface area contributed by atoms with Gasteiger partial charge in [-0.1, -0.05) is 26.0 Å². The van der Waals surface area contributed by atoms with Gasteiger partial charge in [0.2, 0.25) is 0 Å². The average Bonchev–Trinajstić information content (AvgIpc) is 3.01. The highest BCUT2D eigenvalue weighted by Crippen LogP contribution is 2.31. The molecule has 0 unspecified atom stereocenters. The number of nitrogens with one attached hydrogen (secondary N) is 1. The van der Waals surface area contributed by atoms with Crippen molar-refractivity contribution in [3.63, 3.8) is 0 Å². The molecule has 0 fully saturated rings. The summed E-state index contributed by atoms with van der Waals surface area (Å²) in [6, 6.07) is 12.4. The van der Waals surface area contributed by atoms with E-state index >= 15 is 0 Å². The van der Waals surface area contributed by atoms with Gasteiger partial charge in [0.1, 0.15) is 11.5 Å². The van der Waals surface area contributed by atoms with Gasteiger partial charge in [-0.15, -0.1) is 0 Å². The van der Waals surface area contributed by atoms with Crippen LogP contribution in [0.5, 0.6) is 0 Å². The number of aromatic nitrogens is 4. The van der Waals surface area contributed by atoms with Gasteiger partial charge in [0.05, 0.1) is 6.20 Å². The number of fused-ring (bicyclic) bond motifs is 1. The normalized spacial score (nSPS) is 11.2. The predicted octanol–water partition coefficient (Wildman–Crippen LogP) is 4.66. The van der Waals surface area contributed by atoms with Crippen molar-refractivity contribution in [3.05, 3.63) is 72.9 Å². The summed E-state index contributed by atoms with van der Waals surface area (Å²) in [5.74, 6) is 1.40. The fourth-order valence-electron chi connectivity index (χ4n) is 2.85. The topological polar surface area (TPSA) is 55.1 Å². The molecule has 1 N–H and O–H groups in total. The van der Waals surface area contributed by atoms with Crippen molar-refractivity contribution in [2.24, 2.45) is 0 Å². The van der Waals surface area contributed by atoms with Gasteiger partial charge in [-0.2, -0.15) is 0 Å². The fraction of sp³-hybridized carbons (Fsp3) is 0.150. The van der Waals surface area contributed by atoms with E-state index in [4.69, 9.17) is 4.98 Å². The van der Waals surface area contributed by atoms with Crippen LogP contribution in [0.2, 0.25) is 0 Å². The van der Waals surface area contributed by atoms with Crippen LogP contribution in [-0.4, -0.2) is 19.4 Å². The molecule has 0 amide bonds. The maximum Gasteiger partial charge on any atom is 0.157 e. The van der Waals surface area contributed by atoms with Crippen LogP contribution in [0.1, 0.15) is 25.3 Å². The van der Waals surface area contributed by atoms with Crippen LogP contribution in [0.25, 0.3) is 16.9 Å². The number of hydrogen-bond donors (Lipinski definition) is 1. The van der Waals surface area contributed by atoms with Crippen LogP contribution in [0.15, 0.2) is 67.4 Å². The van der Waals surface area contributed by atoms with Crippen LogP contribution in [0.3, 0.4) is 0 Å². The Kier molecular flexibility index (Phi) is 3.90. The molecule has 25 heavy (non-hydrogen) atoms. The minimum absolute atomic E-state index is 0.479. The Morgan fingerprint density at radius 1 is 1.00 bits per heavy atom. The standard InChI is InChI=1S/C20H19N5/c1-14(2)16-4-3-5-17(12-16)23-20-19(15-6-8-21-9-7-15)24-18-13-22-10-11-25(18)20/h3-14,23H,1-2H3. The minimum atomic E-state index is 0.479. The minimum Gasteiger partial charge on any atom is -0.339 e. The van der Waals surface area contributed by atoms with Gasteiger partial charge in [-0.05, 0) is 35.7 Å². The van der Waals surface area contributed by atoms with E-state index < -0.39 is 0 Å². The Morgan fingerprint density at radius 3 is 2.64 bits per heavy atom. The maximum atomic E-state index is 4.75. The SMILES string of the molecule is CC(C)c1cccc(Nc2c(-c3ccncc3)nc3cnccn23)c1. The Bertz CT molecular complexity index is 1000. The molecular formula is C20H19N5. The van der Waals surface area contributed by atoms with Crippen molar-refractivity contribution in [1.82, 2.24) is 19.4 Å². The van der Waals surface area contributed by atoms with Gasteiger partial charge in [-0.3, -0.25) is 14.4 Å². The monoisotopic (exact) mass is 329 g/mol. The summed E-state index contributed by atoms with van der Waals surface area (Å²) in [7, 11) is 0. The van der Waals surface area contributed by atoms with E-state index in [-0.39, 0.29) is 0 Å². The van der Waals surface area contributed by atoms with E-state index in [1.54, 1.807) is 24.8 Å². The third-order valence-electron chi connectivity index (χ3n) is 4.20. The molecule has 4 aromatic rings. The Labute approximate surface area is 146 Å². The molecule has 0 spiro atoms. The number of nitrogens with zero attached hydrogens (tertiary/aromatic N) is 4. The van der Waals surface area contributed by atoms with Gasteiger partial charge in [0.25, 0.3) is 0 Å². The van der Waals surface area contributed by atoms with Gasteiger partial charge in [0.15, 0.2) is 5.65 Å². The summed E-state index contributed by atoms with van der Waals surface area (Å²) in [5.41, 5.74) is 5.04.